The van der Waals surface area contributed by atoms with Gasteiger partial charge in [0.15, 0.2) is 0 Å². The van der Waals surface area contributed by atoms with E-state index in [1.807, 2.05) is 0 Å². The van der Waals surface area contributed by atoms with Gasteiger partial charge in [0, 0.05) is 10.8 Å². The van der Waals surface area contributed by atoms with Crippen LogP contribution >= 0.6 is 23.1 Å². The lowest BCUT2D eigenvalue weighted by molar-refractivity contribution is -0.137. The third kappa shape index (κ3) is 4.81. The van der Waals surface area contributed by atoms with Crippen molar-refractivity contribution in [3.05, 3.63) is 110 Å². The number of fused-ring (bicyclic) bond motifs is 2. The predicted octanol–water partition coefficient (Wildman–Crippen LogP) is 5.50. The number of imide groups is 1. The van der Waals surface area contributed by atoms with Gasteiger partial charge in [0.1, 0.15) is 17.6 Å². The van der Waals surface area contributed by atoms with Crippen LogP contribution < -0.4 is 15.1 Å². The van der Waals surface area contributed by atoms with Crippen molar-refractivity contribution in [2.75, 3.05) is 10.2 Å². The van der Waals surface area contributed by atoms with Crippen molar-refractivity contribution < 1.29 is 31.9 Å². The zero-order chi connectivity index (χ0) is 29.8. The molecule has 1 fully saturated rings. The molecule has 13 heteroatoms. The average molecular weight is 614 g/mol. The van der Waals surface area contributed by atoms with Crippen LogP contribution in [0.4, 0.5) is 28.9 Å². The van der Waals surface area contributed by atoms with Crippen molar-refractivity contribution in [3.8, 4) is 0 Å². The highest BCUT2D eigenvalue weighted by Gasteiger charge is 2.56. The molecule has 1 N–H and O–H groups in total. The summed E-state index contributed by atoms with van der Waals surface area (Å²) in [6, 6.07) is 18.3. The van der Waals surface area contributed by atoms with Gasteiger partial charge in [-0.05, 0) is 42.0 Å². The number of amides is 3. The second-order valence-corrected chi connectivity index (χ2v) is 11.8. The van der Waals surface area contributed by atoms with E-state index in [0.717, 1.165) is 56.8 Å². The van der Waals surface area contributed by atoms with Gasteiger partial charge < -0.3 is 5.32 Å². The Hall–Kier alpha value is -4.23. The molecule has 0 radical (unpaired) electrons. The number of hydrogen-bond donors (Lipinski definition) is 1. The van der Waals surface area contributed by atoms with Crippen LogP contribution in [-0.2, 0) is 27.1 Å². The fourth-order valence-corrected chi connectivity index (χ4v) is 8.07. The van der Waals surface area contributed by atoms with E-state index < -0.39 is 69.5 Å². The maximum atomic E-state index is 13.8. The number of nitrogens with zero attached hydrogens (tertiary/aromatic N) is 2. The molecule has 2 aliphatic rings. The molecule has 3 atom stereocenters. The number of thiazole rings is 1. The Morgan fingerprint density at radius 2 is 1.55 bits per heavy atom. The van der Waals surface area contributed by atoms with E-state index >= 15 is 0 Å². The molecule has 2 aliphatic heterocycles. The van der Waals surface area contributed by atoms with Gasteiger partial charge in [0.25, 0.3) is 0 Å². The summed E-state index contributed by atoms with van der Waals surface area (Å²) in [5.74, 6) is -4.05. The first kappa shape index (κ1) is 27.9. The first-order valence-electron chi connectivity index (χ1n) is 12.6. The molecular weight excluding hydrogens is 594 g/mol. The average Bonchev–Trinajstić information content (AvgIpc) is 3.40. The second kappa shape index (κ2) is 10.6. The Morgan fingerprint density at radius 1 is 0.881 bits per heavy atom. The molecule has 0 saturated carbocycles. The van der Waals surface area contributed by atoms with Crippen LogP contribution in [0.5, 0.6) is 0 Å². The smallest absolute Gasteiger partial charge is 0.324 e. The van der Waals surface area contributed by atoms with Crippen LogP contribution in [0.15, 0.2) is 88.7 Å². The van der Waals surface area contributed by atoms with Gasteiger partial charge in [-0.15, -0.1) is 0 Å². The quantitative estimate of drug-likeness (QED) is 0.237. The van der Waals surface area contributed by atoms with E-state index in [1.165, 1.54) is 24.3 Å². The normalized spacial score (nSPS) is 19.9. The molecule has 214 valence electrons. The summed E-state index contributed by atoms with van der Waals surface area (Å²) in [5, 5.41) is 1.57. The van der Waals surface area contributed by atoms with Gasteiger partial charge >= 0.3 is 11.0 Å². The van der Waals surface area contributed by atoms with E-state index in [-0.39, 0.29) is 5.69 Å². The number of benzene rings is 3. The number of rotatable bonds is 5. The fourth-order valence-electron chi connectivity index (χ4n) is 5.29. The standard InChI is InChI=1S/C29H19F4N3O4S2/c30-16-10-12-17(13-11-16)36-25(38)22-21(15-6-2-1-3-7-15)24-27(41-23(22)26(36)39)35(28(40)42-24)14-20(37)34-19-9-5-4-8-18(19)29(31,32)33/h1-13,21-23H,14H2,(H,34,37)/t21-,22?,23?/m1/s1. The van der Waals surface area contributed by atoms with Crippen LogP contribution in [0.3, 0.4) is 0 Å². The van der Waals surface area contributed by atoms with Gasteiger partial charge in [0.05, 0.1) is 27.9 Å². The number of alkyl halides is 3. The number of aromatic nitrogens is 1. The van der Waals surface area contributed by atoms with Crippen molar-refractivity contribution in [2.45, 2.75) is 28.9 Å². The Bertz CT molecular complexity index is 1770. The molecule has 4 aromatic rings. The highest BCUT2D eigenvalue weighted by atomic mass is 32.2. The van der Waals surface area contributed by atoms with Gasteiger partial charge in [-0.25, -0.2) is 9.29 Å². The van der Waals surface area contributed by atoms with E-state index in [2.05, 4.69) is 5.32 Å². The molecule has 7 nitrogen and oxygen atoms in total. The highest BCUT2D eigenvalue weighted by Crippen LogP contribution is 2.53. The minimum Gasteiger partial charge on any atom is -0.324 e. The zero-order valence-electron chi connectivity index (χ0n) is 21.3. The zero-order valence-corrected chi connectivity index (χ0v) is 22.9. The molecule has 1 aromatic heterocycles. The lowest BCUT2D eigenvalue weighted by atomic mass is 9.83. The minimum atomic E-state index is -4.71. The molecule has 3 heterocycles. The van der Waals surface area contributed by atoms with Crippen molar-refractivity contribution in [3.63, 3.8) is 0 Å². The fraction of sp³-hybridized carbons (Fsp3) is 0.172. The van der Waals surface area contributed by atoms with Crippen LogP contribution in [-0.4, -0.2) is 27.5 Å². The number of halogens is 4. The summed E-state index contributed by atoms with van der Waals surface area (Å²) in [6.07, 6.45) is -4.71. The molecule has 0 spiro atoms. The molecule has 2 unspecified atom stereocenters. The predicted molar refractivity (Wildman–Crippen MR) is 149 cm³/mol. The lowest BCUT2D eigenvalue weighted by Gasteiger charge is -2.30. The van der Waals surface area contributed by atoms with Crippen molar-refractivity contribution >= 4 is 52.2 Å². The van der Waals surface area contributed by atoms with Gasteiger partial charge in [-0.1, -0.05) is 65.6 Å². The summed E-state index contributed by atoms with van der Waals surface area (Å²) >= 11 is 1.79. The third-order valence-corrected chi connectivity index (χ3v) is 9.70. The molecule has 3 aromatic carbocycles. The summed E-state index contributed by atoms with van der Waals surface area (Å²) in [7, 11) is 0. The number of hydrogen-bond acceptors (Lipinski definition) is 6. The van der Waals surface area contributed by atoms with E-state index in [4.69, 9.17) is 0 Å². The number of nitrogens with one attached hydrogen (secondary N) is 1. The van der Waals surface area contributed by atoms with Crippen molar-refractivity contribution in [1.29, 1.82) is 0 Å². The molecule has 0 aliphatic carbocycles. The Morgan fingerprint density at radius 3 is 2.24 bits per heavy atom. The summed E-state index contributed by atoms with van der Waals surface area (Å²) < 4.78 is 55.0. The van der Waals surface area contributed by atoms with Crippen LogP contribution in [0.1, 0.15) is 21.9 Å². The van der Waals surface area contributed by atoms with Crippen LogP contribution in [0, 0.1) is 11.7 Å². The lowest BCUT2D eigenvalue weighted by Crippen LogP contribution is -2.33. The van der Waals surface area contributed by atoms with Crippen LogP contribution in [0.2, 0.25) is 0 Å². The highest BCUT2D eigenvalue weighted by molar-refractivity contribution is 8.00. The van der Waals surface area contributed by atoms with Gasteiger partial charge in [0.2, 0.25) is 17.7 Å². The monoisotopic (exact) mass is 613 g/mol. The SMILES string of the molecule is O=C(Cn1c2c(sc1=O)[C@H](c1ccccc1)C1C(=O)N(c3ccc(F)cc3)C(=O)C1S2)Nc1ccccc1C(F)(F)F. The molecule has 0 bridgehead atoms. The summed E-state index contributed by atoms with van der Waals surface area (Å²) in [5.41, 5.74) is -0.603. The van der Waals surface area contributed by atoms with E-state index in [9.17, 15) is 36.7 Å². The number of carbonyl (C=O) groups excluding carboxylic acids is 3. The summed E-state index contributed by atoms with van der Waals surface area (Å²) in [4.78, 5) is 54.5. The Kier molecular flexibility index (Phi) is 7.01. The van der Waals surface area contributed by atoms with Crippen molar-refractivity contribution in [2.24, 2.45) is 5.92 Å². The largest absolute Gasteiger partial charge is 0.418 e. The van der Waals surface area contributed by atoms with Crippen LogP contribution in [0.25, 0.3) is 0 Å². The van der Waals surface area contributed by atoms with Gasteiger partial charge in [-0.3, -0.25) is 23.7 Å². The van der Waals surface area contributed by atoms with Crippen molar-refractivity contribution in [1.82, 2.24) is 4.57 Å². The van der Waals surface area contributed by atoms with E-state index in [1.54, 1.807) is 30.3 Å². The molecule has 1 saturated heterocycles. The number of anilines is 2. The second-order valence-electron chi connectivity index (χ2n) is 9.66. The summed E-state index contributed by atoms with van der Waals surface area (Å²) in [6.45, 7) is -0.605. The van der Waals surface area contributed by atoms with E-state index in [0.29, 0.717) is 15.5 Å². The Balaban J connectivity index is 1.38. The Labute approximate surface area is 243 Å². The maximum Gasteiger partial charge on any atom is 0.418 e. The maximum absolute atomic E-state index is 13.8. The third-order valence-electron chi connectivity index (χ3n) is 7.10. The molecule has 3 amide bonds. The molecule has 42 heavy (non-hydrogen) atoms. The minimum absolute atomic E-state index is 0.205. The molecular formula is C29H19F4N3O4S2. The molecule has 6 rings (SSSR count). The topological polar surface area (TPSA) is 88.5 Å². The first-order valence-corrected chi connectivity index (χ1v) is 14.3. The number of para-hydroxylation sites is 1. The number of thioether (sulfide) groups is 1. The first-order chi connectivity index (χ1) is 20.0. The number of carbonyl (C=O) groups is 3. The van der Waals surface area contributed by atoms with Gasteiger partial charge in [-0.2, -0.15) is 13.2 Å².